The van der Waals surface area contributed by atoms with Crippen molar-refractivity contribution in [2.24, 2.45) is 5.92 Å². The summed E-state index contributed by atoms with van der Waals surface area (Å²) in [4.78, 5) is 33.9. The summed E-state index contributed by atoms with van der Waals surface area (Å²) in [5.41, 5.74) is 2.04. The van der Waals surface area contributed by atoms with Gasteiger partial charge in [-0.1, -0.05) is 30.8 Å². The Morgan fingerprint density at radius 3 is 2.81 bits per heavy atom. The molecule has 0 unspecified atom stereocenters. The van der Waals surface area contributed by atoms with Crippen molar-refractivity contribution in [2.75, 3.05) is 32.1 Å². The van der Waals surface area contributed by atoms with Crippen LogP contribution in [0.4, 0.5) is 10.5 Å². The van der Waals surface area contributed by atoms with Crippen LogP contribution in [0.25, 0.3) is 0 Å². The fourth-order valence-corrected chi connectivity index (χ4v) is 3.89. The Hall–Kier alpha value is -3.58. The number of aromatic nitrogens is 2. The van der Waals surface area contributed by atoms with E-state index in [0.717, 1.165) is 12.8 Å². The molecule has 1 aliphatic heterocycles. The van der Waals surface area contributed by atoms with Gasteiger partial charge in [-0.3, -0.25) is 4.79 Å². The molecule has 0 saturated carbocycles. The summed E-state index contributed by atoms with van der Waals surface area (Å²) in [7, 11) is 1.67. The number of ether oxygens (including phenoxy) is 1. The number of unbranched alkanes of at least 4 members (excludes halogenated alkanes) is 1. The Bertz CT molecular complexity index is 1130. The molecule has 10 nitrogen and oxygen atoms in total. The highest BCUT2D eigenvalue weighted by molar-refractivity contribution is 5.97. The van der Waals surface area contributed by atoms with Gasteiger partial charge in [0.15, 0.2) is 5.76 Å². The Kier molecular flexibility index (Phi) is 8.93. The van der Waals surface area contributed by atoms with Crippen molar-refractivity contribution in [1.29, 1.82) is 0 Å². The smallest absolute Gasteiger partial charge is 0.321 e. The van der Waals surface area contributed by atoms with Crippen LogP contribution in [-0.2, 0) is 0 Å². The topological polar surface area (TPSA) is 121 Å². The summed E-state index contributed by atoms with van der Waals surface area (Å²) in [6.45, 7) is 9.68. The normalized spacial score (nSPS) is 18.2. The van der Waals surface area contributed by atoms with E-state index >= 15 is 0 Å². The third kappa shape index (κ3) is 6.15. The number of rotatable bonds is 6. The van der Waals surface area contributed by atoms with Gasteiger partial charge in [0.2, 0.25) is 5.88 Å². The number of anilines is 1. The molecular weight excluding hydrogens is 462 g/mol. The zero-order chi connectivity index (χ0) is 26.4. The van der Waals surface area contributed by atoms with Gasteiger partial charge in [0, 0.05) is 37.7 Å². The Balaban J connectivity index is 1.88. The molecule has 2 aromatic rings. The van der Waals surface area contributed by atoms with E-state index in [2.05, 4.69) is 27.3 Å². The first-order valence-electron chi connectivity index (χ1n) is 12.2. The lowest BCUT2D eigenvalue weighted by atomic mass is 10.00. The molecule has 3 amide bonds. The van der Waals surface area contributed by atoms with Gasteiger partial charge in [0.25, 0.3) is 5.91 Å². The van der Waals surface area contributed by atoms with Gasteiger partial charge >= 0.3 is 6.03 Å². The number of nitrogens with zero attached hydrogens (tertiary/aromatic N) is 4. The number of hydrogen-bond donors (Lipinski definition) is 2. The second kappa shape index (κ2) is 11.9. The van der Waals surface area contributed by atoms with Gasteiger partial charge in [-0.05, 0) is 33.3 Å². The average molecular weight is 498 g/mol. The molecular formula is C26H35N5O5. The maximum absolute atomic E-state index is 13.5. The van der Waals surface area contributed by atoms with Crippen molar-refractivity contribution in [3.05, 3.63) is 34.8 Å². The number of urea groups is 1. The highest BCUT2D eigenvalue weighted by Gasteiger charge is 2.34. The Morgan fingerprint density at radius 2 is 2.17 bits per heavy atom. The molecule has 3 heterocycles. The summed E-state index contributed by atoms with van der Waals surface area (Å²) in [6, 6.07) is 0.946. The van der Waals surface area contributed by atoms with Gasteiger partial charge in [0.1, 0.15) is 23.0 Å². The monoisotopic (exact) mass is 497 g/mol. The molecule has 0 bridgehead atoms. The highest BCUT2D eigenvalue weighted by atomic mass is 16.5. The number of aryl methyl sites for hydroxylation is 2. The maximum atomic E-state index is 13.5. The SMILES string of the molecule is CCCC#Cc1cnc2c(c1)C(=O)N([C@H](C)CO)C[C@H](C)[C@@H](CN(C)C(=O)Nc1c(C)noc1C)O2. The van der Waals surface area contributed by atoms with E-state index in [1.165, 1.54) is 4.90 Å². The van der Waals surface area contributed by atoms with Crippen LogP contribution in [0, 0.1) is 31.6 Å². The molecule has 0 saturated heterocycles. The number of fused-ring (bicyclic) bond motifs is 1. The number of carbonyl (C=O) groups is 2. The van der Waals surface area contributed by atoms with E-state index in [0.29, 0.717) is 34.8 Å². The molecule has 1 aliphatic rings. The standard InChI is InChI=1S/C26H35N5O5/c1-7-8-9-10-20-11-21-24(27-12-20)35-22(16(2)13-31(25(21)33)17(3)15-32)14-30(6)26(34)28-23-18(4)29-36-19(23)5/h11-12,16-17,22,32H,7-8,13-15H2,1-6H3,(H,28,34)/t16-,17+,22+/m0/s1. The number of aliphatic hydroxyl groups is 1. The van der Waals surface area contributed by atoms with Crippen LogP contribution in [0.5, 0.6) is 5.88 Å². The first-order valence-corrected chi connectivity index (χ1v) is 12.2. The summed E-state index contributed by atoms with van der Waals surface area (Å²) < 4.78 is 11.4. The fourth-order valence-electron chi connectivity index (χ4n) is 3.89. The zero-order valence-corrected chi connectivity index (χ0v) is 21.8. The Labute approximate surface area is 212 Å². The second-order valence-corrected chi connectivity index (χ2v) is 9.26. The molecule has 3 rings (SSSR count). The van der Waals surface area contributed by atoms with Crippen molar-refractivity contribution in [3.63, 3.8) is 0 Å². The third-order valence-electron chi connectivity index (χ3n) is 6.19. The minimum Gasteiger partial charge on any atom is -0.472 e. The van der Waals surface area contributed by atoms with Gasteiger partial charge in [-0.2, -0.15) is 0 Å². The Morgan fingerprint density at radius 1 is 1.42 bits per heavy atom. The van der Waals surface area contributed by atoms with E-state index in [1.54, 1.807) is 45.0 Å². The number of hydrogen-bond acceptors (Lipinski definition) is 7. The largest absolute Gasteiger partial charge is 0.472 e. The number of amides is 3. The van der Waals surface area contributed by atoms with Gasteiger partial charge in [0.05, 0.1) is 19.2 Å². The van der Waals surface area contributed by atoms with Crippen molar-refractivity contribution in [3.8, 4) is 17.7 Å². The summed E-state index contributed by atoms with van der Waals surface area (Å²) in [5.74, 6) is 6.40. The van der Waals surface area contributed by atoms with E-state index in [4.69, 9.17) is 9.26 Å². The summed E-state index contributed by atoms with van der Waals surface area (Å²) in [6.07, 6.45) is 2.81. The van der Waals surface area contributed by atoms with Crippen LogP contribution in [-0.4, -0.2) is 75.9 Å². The number of carbonyl (C=O) groups excluding carboxylic acids is 2. The fraction of sp³-hybridized carbons (Fsp3) is 0.538. The molecule has 0 spiro atoms. The molecule has 194 valence electrons. The van der Waals surface area contributed by atoms with E-state index in [-0.39, 0.29) is 36.9 Å². The average Bonchev–Trinajstić information content (AvgIpc) is 3.18. The van der Waals surface area contributed by atoms with Crippen molar-refractivity contribution in [2.45, 2.75) is 59.6 Å². The van der Waals surface area contributed by atoms with Crippen LogP contribution in [0.15, 0.2) is 16.8 Å². The minimum absolute atomic E-state index is 0.156. The lowest BCUT2D eigenvalue weighted by Crippen LogP contribution is -2.50. The first kappa shape index (κ1) is 27.0. The molecule has 0 aliphatic carbocycles. The number of aliphatic hydroxyl groups excluding tert-OH is 1. The van der Waals surface area contributed by atoms with Crippen LogP contribution in [0.3, 0.4) is 0 Å². The van der Waals surface area contributed by atoms with Crippen LogP contribution < -0.4 is 10.1 Å². The lowest BCUT2D eigenvalue weighted by Gasteiger charge is -2.37. The predicted molar refractivity (Wildman–Crippen MR) is 135 cm³/mol. The van der Waals surface area contributed by atoms with Gasteiger partial charge < -0.3 is 29.5 Å². The molecule has 0 radical (unpaired) electrons. The number of nitrogens with one attached hydrogen (secondary N) is 1. The summed E-state index contributed by atoms with van der Waals surface area (Å²) >= 11 is 0. The van der Waals surface area contributed by atoms with E-state index in [9.17, 15) is 14.7 Å². The second-order valence-electron chi connectivity index (χ2n) is 9.26. The molecule has 2 N–H and O–H groups in total. The molecule has 0 aromatic carbocycles. The number of pyridine rings is 1. The molecule has 0 fully saturated rings. The van der Waals surface area contributed by atoms with Gasteiger partial charge in [-0.25, -0.2) is 9.78 Å². The quantitative estimate of drug-likeness (QED) is 0.588. The minimum atomic E-state index is -0.463. The molecule has 10 heteroatoms. The van der Waals surface area contributed by atoms with Crippen molar-refractivity contribution >= 4 is 17.6 Å². The maximum Gasteiger partial charge on any atom is 0.321 e. The lowest BCUT2D eigenvalue weighted by molar-refractivity contribution is 0.0356. The zero-order valence-electron chi connectivity index (χ0n) is 21.8. The molecule has 2 aromatic heterocycles. The highest BCUT2D eigenvalue weighted by Crippen LogP contribution is 2.27. The van der Waals surface area contributed by atoms with Crippen LogP contribution >= 0.6 is 0 Å². The summed E-state index contributed by atoms with van der Waals surface area (Å²) in [5, 5.41) is 16.5. The third-order valence-corrected chi connectivity index (χ3v) is 6.19. The first-order chi connectivity index (χ1) is 17.2. The molecule has 3 atom stereocenters. The van der Waals surface area contributed by atoms with Crippen LogP contribution in [0.1, 0.15) is 61.0 Å². The van der Waals surface area contributed by atoms with E-state index < -0.39 is 12.1 Å². The van der Waals surface area contributed by atoms with Crippen molar-refractivity contribution < 1.29 is 24.0 Å². The number of likely N-dealkylation sites (N-methyl/N-ethyl adjacent to an activating group) is 1. The molecule has 36 heavy (non-hydrogen) atoms. The van der Waals surface area contributed by atoms with Gasteiger partial charge in [-0.15, -0.1) is 0 Å². The predicted octanol–water partition coefficient (Wildman–Crippen LogP) is 3.22. The van der Waals surface area contributed by atoms with E-state index in [1.807, 2.05) is 13.8 Å². The van der Waals surface area contributed by atoms with Crippen LogP contribution in [0.2, 0.25) is 0 Å². The van der Waals surface area contributed by atoms with Crippen molar-refractivity contribution in [1.82, 2.24) is 19.9 Å².